The summed E-state index contributed by atoms with van der Waals surface area (Å²) in [5.74, 6) is 0.882. The molecule has 2 N–H and O–H groups in total. The summed E-state index contributed by atoms with van der Waals surface area (Å²) in [5.41, 5.74) is 2.68. The van der Waals surface area contributed by atoms with Crippen LogP contribution in [0.3, 0.4) is 0 Å². The van der Waals surface area contributed by atoms with Gasteiger partial charge in [0.05, 0.1) is 20.3 Å². The van der Waals surface area contributed by atoms with Crippen LogP contribution in [-0.4, -0.2) is 35.1 Å². The Kier molecular flexibility index (Phi) is 7.54. The van der Waals surface area contributed by atoms with E-state index in [1.807, 2.05) is 30.3 Å². The molecule has 0 aliphatic heterocycles. The highest BCUT2D eigenvalue weighted by molar-refractivity contribution is 6.00. The Labute approximate surface area is 203 Å². The number of aliphatic hydroxyl groups excluding tert-OH is 1. The Hall–Kier alpha value is -4.43. The van der Waals surface area contributed by atoms with E-state index in [1.54, 1.807) is 54.6 Å². The summed E-state index contributed by atoms with van der Waals surface area (Å²) in [6.45, 7) is 0.456. The summed E-state index contributed by atoms with van der Waals surface area (Å²) in [7, 11) is 3.01. The minimum atomic E-state index is -1.20. The molecular weight excluding hydrogens is 446 g/mol. The van der Waals surface area contributed by atoms with Gasteiger partial charge in [0.1, 0.15) is 11.9 Å². The summed E-state index contributed by atoms with van der Waals surface area (Å²) in [6, 6.07) is 25.0. The van der Waals surface area contributed by atoms with E-state index in [0.29, 0.717) is 35.2 Å². The molecule has 0 fully saturated rings. The molecule has 0 radical (unpaired) electrons. The number of benzene rings is 3. The molecule has 8 nitrogen and oxygen atoms in total. The smallest absolute Gasteiger partial charge is 0.328 e. The molecule has 4 rings (SSSR count). The minimum absolute atomic E-state index is 0.105. The van der Waals surface area contributed by atoms with Gasteiger partial charge in [0.25, 0.3) is 0 Å². The van der Waals surface area contributed by atoms with Crippen LogP contribution in [0, 0.1) is 0 Å². The first-order valence-corrected chi connectivity index (χ1v) is 10.9. The number of nitrogens with zero attached hydrogens (tertiary/aromatic N) is 2. The fourth-order valence-electron chi connectivity index (χ4n) is 3.38. The monoisotopic (exact) mass is 471 g/mol. The van der Waals surface area contributed by atoms with Crippen LogP contribution in [0.25, 0.3) is 0 Å². The zero-order chi connectivity index (χ0) is 24.6. The number of aliphatic hydroxyl groups is 1. The Morgan fingerprint density at radius 2 is 1.51 bits per heavy atom. The summed E-state index contributed by atoms with van der Waals surface area (Å²) in [4.78, 5) is 21.0. The van der Waals surface area contributed by atoms with Gasteiger partial charge in [-0.1, -0.05) is 48.5 Å². The molecule has 4 aromatic rings. The second-order valence-electron chi connectivity index (χ2n) is 7.55. The maximum atomic E-state index is 12.6. The number of hydrogen-bond acceptors (Lipinski definition) is 8. The fourth-order valence-corrected chi connectivity index (χ4v) is 3.38. The summed E-state index contributed by atoms with van der Waals surface area (Å²) >= 11 is 0. The highest BCUT2D eigenvalue weighted by atomic mass is 16.5. The van der Waals surface area contributed by atoms with Gasteiger partial charge in [-0.05, 0) is 35.9 Å². The van der Waals surface area contributed by atoms with Crippen molar-refractivity contribution in [2.24, 2.45) is 0 Å². The number of ketones is 1. The first-order chi connectivity index (χ1) is 17.1. The molecule has 8 heteroatoms. The Balaban J connectivity index is 1.43. The number of anilines is 1. The van der Waals surface area contributed by atoms with Crippen molar-refractivity contribution in [1.82, 2.24) is 9.97 Å². The molecular formula is C27H25N3O5. The number of carbonyl (C=O) groups is 1. The normalized spacial score (nSPS) is 11.4. The molecule has 0 aliphatic rings. The average molecular weight is 472 g/mol. The van der Waals surface area contributed by atoms with Crippen LogP contribution < -0.4 is 19.5 Å². The van der Waals surface area contributed by atoms with Gasteiger partial charge in [-0.3, -0.25) is 4.79 Å². The van der Waals surface area contributed by atoms with Crippen molar-refractivity contribution < 1.29 is 24.1 Å². The summed E-state index contributed by atoms with van der Waals surface area (Å²) < 4.78 is 16.3. The average Bonchev–Trinajstić information content (AvgIpc) is 2.92. The lowest BCUT2D eigenvalue weighted by Gasteiger charge is -2.13. The minimum Gasteiger partial charge on any atom is -0.481 e. The third-order valence-corrected chi connectivity index (χ3v) is 5.27. The van der Waals surface area contributed by atoms with Crippen molar-refractivity contribution >= 4 is 11.5 Å². The van der Waals surface area contributed by atoms with Crippen molar-refractivity contribution in [3.63, 3.8) is 0 Å². The van der Waals surface area contributed by atoms with Gasteiger partial charge in [-0.2, -0.15) is 9.97 Å². The number of para-hydroxylation sites is 1. The molecule has 3 aromatic carbocycles. The number of rotatable bonds is 10. The largest absolute Gasteiger partial charge is 0.481 e. The molecule has 0 saturated carbocycles. The van der Waals surface area contributed by atoms with Crippen LogP contribution in [0.4, 0.5) is 5.69 Å². The van der Waals surface area contributed by atoms with E-state index in [1.165, 1.54) is 14.2 Å². The van der Waals surface area contributed by atoms with Crippen molar-refractivity contribution in [3.05, 3.63) is 102 Å². The zero-order valence-corrected chi connectivity index (χ0v) is 19.3. The molecule has 1 heterocycles. The van der Waals surface area contributed by atoms with E-state index in [9.17, 15) is 9.90 Å². The van der Waals surface area contributed by atoms with Gasteiger partial charge in [0, 0.05) is 23.4 Å². The Bertz CT molecular complexity index is 1260. The molecule has 1 aromatic heterocycles. The quantitative estimate of drug-likeness (QED) is 0.318. The molecule has 0 aliphatic carbocycles. The Morgan fingerprint density at radius 3 is 2.17 bits per heavy atom. The molecule has 0 spiro atoms. The molecule has 0 amide bonds. The lowest BCUT2D eigenvalue weighted by Crippen LogP contribution is -2.12. The van der Waals surface area contributed by atoms with Gasteiger partial charge in [0.2, 0.25) is 11.8 Å². The molecule has 1 atom stereocenters. The second kappa shape index (κ2) is 11.1. The van der Waals surface area contributed by atoms with Crippen molar-refractivity contribution in [2.75, 3.05) is 19.5 Å². The fraction of sp³-hybridized carbons (Fsp3) is 0.148. The van der Waals surface area contributed by atoms with Crippen LogP contribution in [-0.2, 0) is 6.54 Å². The molecule has 0 saturated heterocycles. The van der Waals surface area contributed by atoms with Gasteiger partial charge < -0.3 is 24.6 Å². The maximum absolute atomic E-state index is 12.6. The molecule has 1 unspecified atom stereocenters. The first-order valence-electron chi connectivity index (χ1n) is 10.9. The van der Waals surface area contributed by atoms with Gasteiger partial charge in [-0.25, -0.2) is 0 Å². The van der Waals surface area contributed by atoms with Crippen LogP contribution in [0.2, 0.25) is 0 Å². The van der Waals surface area contributed by atoms with E-state index in [4.69, 9.17) is 14.2 Å². The van der Waals surface area contributed by atoms with Crippen LogP contribution in [0.1, 0.15) is 27.6 Å². The number of hydrogen-bond donors (Lipinski definition) is 2. The van der Waals surface area contributed by atoms with Gasteiger partial charge in [-0.15, -0.1) is 0 Å². The van der Waals surface area contributed by atoms with Crippen LogP contribution in [0.5, 0.6) is 23.5 Å². The highest BCUT2D eigenvalue weighted by Gasteiger charge is 2.19. The number of nitrogens with one attached hydrogen (secondary N) is 1. The highest BCUT2D eigenvalue weighted by Crippen LogP contribution is 2.27. The second-order valence-corrected chi connectivity index (χ2v) is 7.55. The number of ether oxygens (including phenoxy) is 3. The van der Waals surface area contributed by atoms with Crippen LogP contribution in [0.15, 0.2) is 84.9 Å². The van der Waals surface area contributed by atoms with E-state index >= 15 is 0 Å². The Morgan fingerprint density at radius 1 is 0.886 bits per heavy atom. The SMILES string of the molecule is COc1cc(OC)nc(Oc2ccccc2CNc2ccc(C(=O)C(O)c3ccccc3)cc2)n1. The topological polar surface area (TPSA) is 103 Å². The van der Waals surface area contributed by atoms with E-state index in [-0.39, 0.29) is 11.8 Å². The lowest BCUT2D eigenvalue weighted by atomic mass is 10.00. The maximum Gasteiger partial charge on any atom is 0.328 e. The van der Waals surface area contributed by atoms with Crippen molar-refractivity contribution in [3.8, 4) is 23.5 Å². The van der Waals surface area contributed by atoms with E-state index in [0.717, 1.165) is 11.3 Å². The van der Waals surface area contributed by atoms with Gasteiger partial charge >= 0.3 is 6.01 Å². The number of Topliss-reactive ketones (excluding diaryl/α,β-unsaturated/α-hetero) is 1. The summed E-state index contributed by atoms with van der Waals surface area (Å²) in [6.07, 6.45) is -1.20. The molecule has 35 heavy (non-hydrogen) atoms. The number of carbonyl (C=O) groups excluding carboxylic acids is 1. The summed E-state index contributed by atoms with van der Waals surface area (Å²) in [5, 5.41) is 13.7. The first kappa shape index (κ1) is 23.7. The lowest BCUT2D eigenvalue weighted by molar-refractivity contribution is 0.0747. The third-order valence-electron chi connectivity index (χ3n) is 5.27. The molecule has 178 valence electrons. The number of methoxy groups -OCH3 is 2. The molecule has 0 bridgehead atoms. The van der Waals surface area contributed by atoms with Crippen molar-refractivity contribution in [2.45, 2.75) is 12.6 Å². The third kappa shape index (κ3) is 5.93. The van der Waals surface area contributed by atoms with Gasteiger partial charge in [0.15, 0.2) is 5.78 Å². The number of aromatic nitrogens is 2. The zero-order valence-electron chi connectivity index (χ0n) is 19.3. The standard InChI is InChI=1S/C27H25N3O5/c1-33-23-16-24(34-2)30-27(29-23)35-22-11-7-6-10-20(22)17-28-21-14-12-19(13-15-21)26(32)25(31)18-8-4-3-5-9-18/h3-16,25,28,31H,17H2,1-2H3. The van der Waals surface area contributed by atoms with E-state index < -0.39 is 6.10 Å². The predicted octanol–water partition coefficient (Wildman–Crippen LogP) is 4.81. The predicted molar refractivity (Wildman–Crippen MR) is 131 cm³/mol. The van der Waals surface area contributed by atoms with E-state index in [2.05, 4.69) is 15.3 Å². The van der Waals surface area contributed by atoms with Crippen LogP contribution >= 0.6 is 0 Å². The van der Waals surface area contributed by atoms with Crippen molar-refractivity contribution in [1.29, 1.82) is 0 Å².